The maximum absolute atomic E-state index is 11.7. The van der Waals surface area contributed by atoms with Gasteiger partial charge in [-0.3, -0.25) is 0 Å². The van der Waals surface area contributed by atoms with Crippen molar-refractivity contribution >= 4 is 53.5 Å². The molecule has 2 fully saturated rings. The Morgan fingerprint density at radius 3 is 2.04 bits per heavy atom. The van der Waals surface area contributed by atoms with Gasteiger partial charge in [0.1, 0.15) is 0 Å². The van der Waals surface area contributed by atoms with Crippen LogP contribution in [0.15, 0.2) is 67.3 Å². The van der Waals surface area contributed by atoms with Crippen LogP contribution in [0.25, 0.3) is 0 Å². The van der Waals surface area contributed by atoms with Crippen LogP contribution in [0.1, 0.15) is 25.7 Å². The average molecular weight is 490 g/mol. The Balaban J connectivity index is 0.000000143. The Hall–Kier alpha value is -0.300. The first-order valence-corrected chi connectivity index (χ1v) is 11.9. The molecule has 2 aliphatic carbocycles. The molecule has 0 heterocycles. The second-order valence-electron chi connectivity index (χ2n) is 5.98. The number of sulfone groups is 1. The average Bonchev–Trinajstić information content (AvgIpc) is 3.41. The Kier molecular flexibility index (Phi) is 6.11. The molecule has 0 atom stereocenters. The highest BCUT2D eigenvalue weighted by Crippen LogP contribution is 2.39. The van der Waals surface area contributed by atoms with Crippen molar-refractivity contribution in [3.05, 3.63) is 57.5 Å². The first-order valence-electron chi connectivity index (χ1n) is 7.87. The lowest BCUT2D eigenvalue weighted by atomic mass is 10.4. The highest BCUT2D eigenvalue weighted by atomic mass is 79.9. The van der Waals surface area contributed by atoms with Crippen LogP contribution in [-0.4, -0.2) is 18.9 Å². The summed E-state index contributed by atoms with van der Waals surface area (Å²) in [6.45, 7) is 0. The van der Waals surface area contributed by atoms with E-state index in [-0.39, 0.29) is 5.25 Å². The van der Waals surface area contributed by atoms with Crippen molar-refractivity contribution in [3.8, 4) is 0 Å². The smallest absolute Gasteiger partial charge is 0.181 e. The normalized spacial score (nSPS) is 17.1. The van der Waals surface area contributed by atoms with Gasteiger partial charge >= 0.3 is 0 Å². The minimum Gasteiger partial charge on any atom is -0.223 e. The number of thioether (sulfide) groups is 1. The monoisotopic (exact) mass is 488 g/mol. The minimum absolute atomic E-state index is 0.123. The van der Waals surface area contributed by atoms with Crippen LogP contribution < -0.4 is 0 Å². The van der Waals surface area contributed by atoms with E-state index >= 15 is 0 Å². The summed E-state index contributed by atoms with van der Waals surface area (Å²) in [5, 5.41) is 0.783. The second kappa shape index (κ2) is 7.94. The van der Waals surface area contributed by atoms with Crippen LogP contribution in [0.2, 0.25) is 0 Å². The van der Waals surface area contributed by atoms with Gasteiger partial charge in [-0.1, -0.05) is 44.0 Å². The van der Waals surface area contributed by atoms with E-state index in [2.05, 4.69) is 56.1 Å². The third kappa shape index (κ3) is 5.35. The number of benzene rings is 2. The molecule has 0 aliphatic heterocycles. The van der Waals surface area contributed by atoms with Crippen molar-refractivity contribution < 1.29 is 8.42 Å². The summed E-state index contributed by atoms with van der Waals surface area (Å²) >= 11 is 8.71. The molecular weight excluding hydrogens is 472 g/mol. The van der Waals surface area contributed by atoms with Crippen LogP contribution in [0.5, 0.6) is 0 Å². The second-order valence-corrected chi connectivity index (χ2v) is 11.4. The van der Waals surface area contributed by atoms with Gasteiger partial charge in [-0.2, -0.15) is 0 Å². The molecule has 2 aliphatic rings. The lowest BCUT2D eigenvalue weighted by Crippen LogP contribution is -2.06. The lowest BCUT2D eigenvalue weighted by Gasteiger charge is -2.01. The molecule has 2 aromatic carbocycles. The minimum atomic E-state index is -3.02. The summed E-state index contributed by atoms with van der Waals surface area (Å²) in [6.07, 6.45) is 4.43. The van der Waals surface area contributed by atoms with E-state index in [9.17, 15) is 8.42 Å². The van der Waals surface area contributed by atoms with E-state index in [1.54, 1.807) is 18.2 Å². The van der Waals surface area contributed by atoms with Crippen LogP contribution in [0, 0.1) is 0 Å². The zero-order valence-electron chi connectivity index (χ0n) is 13.0. The molecule has 128 valence electrons. The van der Waals surface area contributed by atoms with Gasteiger partial charge in [0.05, 0.1) is 10.1 Å². The van der Waals surface area contributed by atoms with Gasteiger partial charge in [-0.05, 0) is 62.1 Å². The summed E-state index contributed by atoms with van der Waals surface area (Å²) < 4.78 is 25.4. The molecule has 0 N–H and O–H groups in total. The molecule has 6 heteroatoms. The molecule has 0 unspecified atom stereocenters. The molecule has 2 aromatic rings. The summed E-state index contributed by atoms with van der Waals surface area (Å²) in [4.78, 5) is 1.83. The number of hydrogen-bond donors (Lipinski definition) is 0. The lowest BCUT2D eigenvalue weighted by molar-refractivity contribution is 0.594. The third-order valence-electron chi connectivity index (χ3n) is 3.71. The van der Waals surface area contributed by atoms with E-state index in [1.165, 1.54) is 22.2 Å². The van der Waals surface area contributed by atoms with E-state index in [4.69, 9.17) is 0 Å². The Bertz CT molecular complexity index is 813. The fourth-order valence-corrected chi connectivity index (χ4v) is 6.04. The van der Waals surface area contributed by atoms with Gasteiger partial charge in [-0.25, -0.2) is 8.42 Å². The summed E-state index contributed by atoms with van der Waals surface area (Å²) in [7, 11) is -3.02. The van der Waals surface area contributed by atoms with Crippen molar-refractivity contribution in [2.24, 2.45) is 0 Å². The van der Waals surface area contributed by atoms with E-state index in [0.717, 1.165) is 22.6 Å². The molecule has 4 rings (SSSR count). The van der Waals surface area contributed by atoms with Gasteiger partial charge in [0, 0.05) is 19.1 Å². The zero-order chi connectivity index (χ0) is 17.2. The van der Waals surface area contributed by atoms with Gasteiger partial charge in [0.15, 0.2) is 9.84 Å². The topological polar surface area (TPSA) is 34.1 Å². The van der Waals surface area contributed by atoms with Crippen molar-refractivity contribution in [1.82, 2.24) is 0 Å². The van der Waals surface area contributed by atoms with E-state index in [0.29, 0.717) is 4.90 Å². The molecule has 2 nitrogen and oxygen atoms in total. The SMILES string of the molecule is Brc1cccc(SC2CC2)c1.O=S(=O)(c1cccc(Br)c1)C1CC1. The Morgan fingerprint density at radius 2 is 1.50 bits per heavy atom. The highest BCUT2D eigenvalue weighted by Gasteiger charge is 2.36. The predicted octanol–water partition coefficient (Wildman–Crippen LogP) is 6.09. The molecule has 0 spiro atoms. The molecule has 0 aromatic heterocycles. The van der Waals surface area contributed by atoms with Gasteiger partial charge in [0.25, 0.3) is 0 Å². The van der Waals surface area contributed by atoms with E-state index in [1.807, 2.05) is 17.8 Å². The molecule has 0 amide bonds. The molecule has 2 saturated carbocycles. The van der Waals surface area contributed by atoms with Crippen molar-refractivity contribution in [1.29, 1.82) is 0 Å². The molecular formula is C18H18Br2O2S2. The molecule has 0 radical (unpaired) electrons. The first kappa shape index (κ1) is 18.5. The largest absolute Gasteiger partial charge is 0.223 e. The number of halogens is 2. The summed E-state index contributed by atoms with van der Waals surface area (Å²) in [6, 6.07) is 15.4. The standard InChI is InChI=1S/C9H9BrO2S.C9H9BrS/c10-7-2-1-3-9(6-7)13(11,12)8-4-5-8;10-7-2-1-3-9(6-7)11-8-4-5-8/h1-3,6,8H,4-5H2;1-3,6,8H,4-5H2. The third-order valence-corrected chi connectivity index (χ3v) is 8.29. The van der Waals surface area contributed by atoms with Crippen LogP contribution in [0.4, 0.5) is 0 Å². The highest BCUT2D eigenvalue weighted by molar-refractivity contribution is 9.10. The van der Waals surface area contributed by atoms with Gasteiger partial charge < -0.3 is 0 Å². The summed E-state index contributed by atoms with van der Waals surface area (Å²) in [5.41, 5.74) is 0. The Labute approximate surface area is 164 Å². The Morgan fingerprint density at radius 1 is 0.875 bits per heavy atom. The van der Waals surface area contributed by atoms with Crippen LogP contribution in [-0.2, 0) is 9.84 Å². The van der Waals surface area contributed by atoms with Crippen molar-refractivity contribution in [2.75, 3.05) is 0 Å². The number of rotatable bonds is 4. The zero-order valence-corrected chi connectivity index (χ0v) is 17.8. The molecule has 0 saturated heterocycles. The fourth-order valence-electron chi connectivity index (χ4n) is 2.13. The van der Waals surface area contributed by atoms with Crippen LogP contribution >= 0.6 is 43.6 Å². The van der Waals surface area contributed by atoms with Gasteiger partial charge in [-0.15, -0.1) is 11.8 Å². The molecule has 0 bridgehead atoms. The quantitative estimate of drug-likeness (QED) is 0.521. The molecule has 24 heavy (non-hydrogen) atoms. The maximum Gasteiger partial charge on any atom is 0.181 e. The maximum atomic E-state index is 11.7. The number of hydrogen-bond acceptors (Lipinski definition) is 3. The first-order chi connectivity index (χ1) is 11.4. The fraction of sp³-hybridized carbons (Fsp3) is 0.333. The predicted molar refractivity (Wildman–Crippen MR) is 107 cm³/mol. The summed E-state index contributed by atoms with van der Waals surface area (Å²) in [5.74, 6) is 0. The van der Waals surface area contributed by atoms with Crippen LogP contribution in [0.3, 0.4) is 0 Å². The van der Waals surface area contributed by atoms with Crippen molar-refractivity contribution in [3.63, 3.8) is 0 Å². The van der Waals surface area contributed by atoms with Gasteiger partial charge in [0.2, 0.25) is 0 Å². The van der Waals surface area contributed by atoms with E-state index < -0.39 is 9.84 Å². The van der Waals surface area contributed by atoms with Crippen molar-refractivity contribution in [2.45, 2.75) is 46.0 Å².